The van der Waals surface area contributed by atoms with E-state index in [9.17, 15) is 19.5 Å². The monoisotopic (exact) mass is 496 g/mol. The van der Waals surface area contributed by atoms with Gasteiger partial charge in [0.05, 0.1) is 23.0 Å². The molecule has 5 rings (SSSR count). The number of allylic oxidation sites excluding steroid dienone is 3. The van der Waals surface area contributed by atoms with E-state index in [1.807, 2.05) is 20.8 Å². The van der Waals surface area contributed by atoms with E-state index in [-0.39, 0.29) is 28.7 Å². The Morgan fingerprint density at radius 2 is 1.75 bits per heavy atom. The molecule has 5 aliphatic rings. The Morgan fingerprint density at radius 3 is 2.36 bits per heavy atom. The summed E-state index contributed by atoms with van der Waals surface area (Å²) >= 11 is 0. The van der Waals surface area contributed by atoms with E-state index in [0.717, 1.165) is 18.4 Å². The number of hydrogen-bond acceptors (Lipinski definition) is 6. The summed E-state index contributed by atoms with van der Waals surface area (Å²) in [5.41, 5.74) is -3.40. The van der Waals surface area contributed by atoms with Crippen LogP contribution in [0.2, 0.25) is 0 Å². The van der Waals surface area contributed by atoms with E-state index < -0.39 is 40.2 Å². The zero-order chi connectivity index (χ0) is 26.6. The van der Waals surface area contributed by atoms with Gasteiger partial charge in [-0.2, -0.15) is 0 Å². The van der Waals surface area contributed by atoms with Crippen molar-refractivity contribution in [3.63, 3.8) is 0 Å². The van der Waals surface area contributed by atoms with Gasteiger partial charge in [-0.15, -0.1) is 6.58 Å². The van der Waals surface area contributed by atoms with Gasteiger partial charge in [0.2, 0.25) is 6.29 Å². The van der Waals surface area contributed by atoms with Gasteiger partial charge in [-0.3, -0.25) is 14.4 Å². The summed E-state index contributed by atoms with van der Waals surface area (Å²) in [5.74, 6) is -1.29. The molecule has 2 saturated carbocycles. The second-order valence-corrected chi connectivity index (χ2v) is 13.4. The van der Waals surface area contributed by atoms with Crippen LogP contribution in [0.5, 0.6) is 0 Å². The van der Waals surface area contributed by atoms with Crippen LogP contribution in [-0.2, 0) is 23.9 Å². The number of ether oxygens (including phenoxy) is 2. The van der Waals surface area contributed by atoms with Gasteiger partial charge in [-0.25, -0.2) is 0 Å². The first kappa shape index (κ1) is 25.6. The Balaban J connectivity index is 1.53. The van der Waals surface area contributed by atoms with Crippen molar-refractivity contribution in [3.8, 4) is 0 Å². The summed E-state index contributed by atoms with van der Waals surface area (Å²) in [4.78, 5) is 41.8. The lowest BCUT2D eigenvalue weighted by atomic mass is 9.51. The molecule has 36 heavy (non-hydrogen) atoms. The van der Waals surface area contributed by atoms with E-state index in [0.29, 0.717) is 37.0 Å². The fourth-order valence-electron chi connectivity index (χ4n) is 8.62. The highest BCUT2D eigenvalue weighted by Crippen LogP contribution is 2.63. The predicted molar refractivity (Wildman–Crippen MR) is 135 cm³/mol. The Bertz CT molecular complexity index is 1130. The van der Waals surface area contributed by atoms with Crippen LogP contribution in [0.1, 0.15) is 80.1 Å². The van der Waals surface area contributed by atoms with Crippen molar-refractivity contribution in [2.24, 2.45) is 34.0 Å². The van der Waals surface area contributed by atoms with Crippen LogP contribution in [0.15, 0.2) is 36.1 Å². The summed E-state index contributed by atoms with van der Waals surface area (Å²) in [6, 6.07) is 0. The molecule has 6 heteroatoms. The topological polar surface area (TPSA) is 89.9 Å². The maximum Gasteiger partial charge on any atom is 0.217 e. The van der Waals surface area contributed by atoms with E-state index in [2.05, 4.69) is 20.1 Å². The molecule has 1 N–H and O–H groups in total. The zero-order valence-corrected chi connectivity index (χ0v) is 22.5. The van der Waals surface area contributed by atoms with Crippen LogP contribution in [-0.4, -0.2) is 39.9 Å². The summed E-state index contributed by atoms with van der Waals surface area (Å²) in [5, 5.41) is 11.3. The molecule has 2 heterocycles. The second-order valence-electron chi connectivity index (χ2n) is 13.4. The zero-order valence-electron chi connectivity index (χ0n) is 22.5. The molecule has 0 unspecified atom stereocenters. The smallest absolute Gasteiger partial charge is 0.217 e. The number of aliphatic hydroxyl groups is 1. The first-order valence-corrected chi connectivity index (χ1v) is 13.3. The quantitative estimate of drug-likeness (QED) is 0.562. The van der Waals surface area contributed by atoms with Gasteiger partial charge in [-0.1, -0.05) is 38.5 Å². The minimum absolute atomic E-state index is 0.00547. The number of ketones is 3. The Kier molecular flexibility index (Phi) is 5.33. The fraction of sp³-hybridized carbons (Fsp3) is 0.700. The molecular formula is C30H40O6. The Labute approximate surface area is 214 Å². The highest BCUT2D eigenvalue weighted by Gasteiger charge is 2.72. The van der Waals surface area contributed by atoms with Crippen molar-refractivity contribution in [3.05, 3.63) is 36.1 Å². The average Bonchev–Trinajstić information content (AvgIpc) is 3.12. The maximum absolute atomic E-state index is 14.3. The molecular weight excluding hydrogens is 456 g/mol. The molecule has 0 radical (unpaired) electrons. The van der Waals surface area contributed by atoms with E-state index in [4.69, 9.17) is 9.47 Å². The van der Waals surface area contributed by atoms with Gasteiger partial charge < -0.3 is 14.6 Å². The first-order valence-electron chi connectivity index (χ1n) is 13.3. The molecule has 6 nitrogen and oxygen atoms in total. The largest absolute Gasteiger partial charge is 0.467 e. The van der Waals surface area contributed by atoms with Crippen LogP contribution in [0, 0.1) is 34.0 Å². The molecule has 1 saturated heterocycles. The molecule has 0 aromatic rings. The summed E-state index contributed by atoms with van der Waals surface area (Å²) in [6.45, 7) is 19.2. The Morgan fingerprint density at radius 1 is 1.08 bits per heavy atom. The lowest BCUT2D eigenvalue weighted by Gasteiger charge is -2.55. The summed E-state index contributed by atoms with van der Waals surface area (Å²) in [6.07, 6.45) is 4.38. The second kappa shape index (κ2) is 7.50. The third-order valence-corrected chi connectivity index (χ3v) is 10.6. The van der Waals surface area contributed by atoms with Crippen molar-refractivity contribution in [1.82, 2.24) is 0 Å². The predicted octanol–water partition coefficient (Wildman–Crippen LogP) is 4.86. The van der Waals surface area contributed by atoms with Gasteiger partial charge in [0, 0.05) is 18.3 Å². The summed E-state index contributed by atoms with van der Waals surface area (Å²) in [7, 11) is 0. The molecule has 2 aliphatic heterocycles. The molecule has 0 aromatic carbocycles. The maximum atomic E-state index is 14.3. The van der Waals surface area contributed by atoms with Crippen LogP contribution in [0.25, 0.3) is 0 Å². The number of carbonyl (C=O) groups is 3. The lowest BCUT2D eigenvalue weighted by molar-refractivity contribution is -0.194. The van der Waals surface area contributed by atoms with E-state index in [1.165, 1.54) is 0 Å². The molecule has 0 bridgehead atoms. The van der Waals surface area contributed by atoms with Crippen molar-refractivity contribution in [2.75, 3.05) is 0 Å². The highest BCUT2D eigenvalue weighted by atomic mass is 16.7. The standard InChI is InChI=1S/C30H40O6/c1-9-26(4)15-19-22(23(32)21(26)16(2)3)29(7)24(33)30(8,36-25(29)35-19)17-13-20-27(5,14-18(17)31)11-10-12-28(20,6)34/h9,17,20-21,25,34H,1-2,10-15H2,3-8H3/t17-,20+,21+,25+,26+,27+,28-,29-,30-/m1/s1. The van der Waals surface area contributed by atoms with Crippen molar-refractivity contribution >= 4 is 17.3 Å². The third kappa shape index (κ3) is 3.06. The first-order chi connectivity index (χ1) is 16.5. The molecule has 0 spiro atoms. The van der Waals surface area contributed by atoms with Gasteiger partial charge in [0.1, 0.15) is 22.6 Å². The van der Waals surface area contributed by atoms with Crippen LogP contribution in [0.3, 0.4) is 0 Å². The van der Waals surface area contributed by atoms with Gasteiger partial charge in [-0.05, 0) is 58.3 Å². The molecule has 9 atom stereocenters. The van der Waals surface area contributed by atoms with Gasteiger partial charge in [0.15, 0.2) is 11.6 Å². The SMILES string of the molecule is C=C[C@@]1(C)CC2=C(C(=O)[C@@H]1C(=C)C)[C@]1(C)C(=O)[C@@](C)([C@@H]3C[C@H]4[C@@](C)(CCC[C@@]4(C)O)CC3=O)O[C@@H]1O2. The molecule has 0 aromatic heterocycles. The normalized spacial score (nSPS) is 50.4. The highest BCUT2D eigenvalue weighted by molar-refractivity contribution is 6.12. The number of rotatable bonds is 3. The van der Waals surface area contributed by atoms with Crippen molar-refractivity contribution in [2.45, 2.75) is 97.6 Å². The molecule has 3 fully saturated rings. The van der Waals surface area contributed by atoms with Crippen LogP contribution >= 0.6 is 0 Å². The molecule has 3 aliphatic carbocycles. The summed E-state index contributed by atoms with van der Waals surface area (Å²) < 4.78 is 12.6. The minimum Gasteiger partial charge on any atom is -0.467 e. The average molecular weight is 497 g/mol. The van der Waals surface area contributed by atoms with Gasteiger partial charge in [0.25, 0.3) is 0 Å². The molecule has 196 valence electrons. The lowest BCUT2D eigenvalue weighted by Crippen LogP contribution is -2.59. The van der Waals surface area contributed by atoms with Crippen LogP contribution in [0.4, 0.5) is 0 Å². The number of carbonyl (C=O) groups excluding carboxylic acids is 3. The molecule has 0 amide bonds. The van der Waals surface area contributed by atoms with Gasteiger partial charge >= 0.3 is 0 Å². The minimum atomic E-state index is -1.43. The van der Waals surface area contributed by atoms with Crippen LogP contribution < -0.4 is 0 Å². The van der Waals surface area contributed by atoms with Crippen molar-refractivity contribution < 1.29 is 29.0 Å². The number of Topliss-reactive ketones (excluding diaryl/α,β-unsaturated/α-hetero) is 3. The van der Waals surface area contributed by atoms with E-state index >= 15 is 0 Å². The number of hydrogen-bond donors (Lipinski definition) is 1. The van der Waals surface area contributed by atoms with Crippen molar-refractivity contribution in [1.29, 1.82) is 0 Å². The van der Waals surface area contributed by atoms with E-state index in [1.54, 1.807) is 19.9 Å². The Hall–Kier alpha value is -2.05. The fourth-order valence-corrected chi connectivity index (χ4v) is 8.62. The number of fused-ring (bicyclic) bond motifs is 3. The third-order valence-electron chi connectivity index (χ3n) is 10.6.